The standard InChI is InChI=1S/C22H33N3O4/c1-15(2)13-25-17(5)10-19(18(25)6)11-20(12-23)22(27)29-14-21(26)24-8-7-9-28-16(3)4/h10-11,15-16H,7-9,13-14H2,1-6H3,(H,24,26)/b20-11+. The molecular formula is C22H33N3O4. The van der Waals surface area contributed by atoms with Crippen LogP contribution in [-0.4, -0.2) is 42.3 Å². The Balaban J connectivity index is 2.62. The Hall–Kier alpha value is -2.59. The zero-order chi connectivity index (χ0) is 22.0. The molecule has 0 saturated carbocycles. The highest BCUT2D eigenvalue weighted by Gasteiger charge is 2.15. The summed E-state index contributed by atoms with van der Waals surface area (Å²) in [6.07, 6.45) is 2.34. The molecule has 0 unspecified atom stereocenters. The molecule has 1 aromatic heterocycles. The predicted octanol–water partition coefficient (Wildman–Crippen LogP) is 3.14. The third-order valence-electron chi connectivity index (χ3n) is 4.23. The number of esters is 1. The monoisotopic (exact) mass is 403 g/mol. The van der Waals surface area contributed by atoms with E-state index in [1.54, 1.807) is 0 Å². The number of carbonyl (C=O) groups is 2. The van der Waals surface area contributed by atoms with Crippen LogP contribution in [0.4, 0.5) is 0 Å². The molecule has 7 nitrogen and oxygen atoms in total. The Kier molecular flexibility index (Phi) is 10.2. The molecule has 1 aromatic rings. The number of rotatable bonds is 11. The van der Waals surface area contributed by atoms with Gasteiger partial charge in [0.2, 0.25) is 0 Å². The molecule has 160 valence electrons. The number of aryl methyl sites for hydroxylation is 1. The van der Waals surface area contributed by atoms with Gasteiger partial charge in [0.25, 0.3) is 5.91 Å². The molecule has 0 aliphatic heterocycles. The fourth-order valence-electron chi connectivity index (χ4n) is 2.79. The molecular weight excluding hydrogens is 370 g/mol. The van der Waals surface area contributed by atoms with Crippen molar-refractivity contribution < 1.29 is 19.1 Å². The zero-order valence-electron chi connectivity index (χ0n) is 18.4. The van der Waals surface area contributed by atoms with Crippen LogP contribution in [0.2, 0.25) is 0 Å². The lowest BCUT2D eigenvalue weighted by Crippen LogP contribution is -2.30. The van der Waals surface area contributed by atoms with E-state index in [1.807, 2.05) is 39.8 Å². The van der Waals surface area contributed by atoms with Crippen molar-refractivity contribution >= 4 is 18.0 Å². The van der Waals surface area contributed by atoms with Gasteiger partial charge < -0.3 is 19.4 Å². The van der Waals surface area contributed by atoms with Crippen LogP contribution in [0.15, 0.2) is 11.6 Å². The molecule has 0 spiro atoms. The largest absolute Gasteiger partial charge is 0.451 e. The highest BCUT2D eigenvalue weighted by atomic mass is 16.5. The smallest absolute Gasteiger partial charge is 0.349 e. The Morgan fingerprint density at radius 1 is 1.28 bits per heavy atom. The highest BCUT2D eigenvalue weighted by Crippen LogP contribution is 2.20. The first-order chi connectivity index (χ1) is 13.6. The summed E-state index contributed by atoms with van der Waals surface area (Å²) in [5, 5.41) is 12.0. The molecule has 29 heavy (non-hydrogen) atoms. The van der Waals surface area contributed by atoms with E-state index in [9.17, 15) is 14.9 Å². The molecule has 0 aliphatic rings. The second kappa shape index (κ2) is 12.1. The van der Waals surface area contributed by atoms with Gasteiger partial charge in [0.15, 0.2) is 6.61 Å². The topological polar surface area (TPSA) is 93.3 Å². The Morgan fingerprint density at radius 3 is 2.55 bits per heavy atom. The number of ether oxygens (including phenoxy) is 2. The van der Waals surface area contributed by atoms with E-state index in [-0.39, 0.29) is 11.7 Å². The number of nitrogens with zero attached hydrogens (tertiary/aromatic N) is 2. The summed E-state index contributed by atoms with van der Waals surface area (Å²) >= 11 is 0. The minimum Gasteiger partial charge on any atom is -0.451 e. The molecule has 0 radical (unpaired) electrons. The van der Waals surface area contributed by atoms with Gasteiger partial charge in [0, 0.05) is 31.1 Å². The van der Waals surface area contributed by atoms with Crippen LogP contribution >= 0.6 is 0 Å². The maximum Gasteiger partial charge on any atom is 0.349 e. The molecule has 0 fully saturated rings. The van der Waals surface area contributed by atoms with Gasteiger partial charge in [-0.25, -0.2) is 4.79 Å². The number of carbonyl (C=O) groups excluding carboxylic acids is 2. The van der Waals surface area contributed by atoms with Crippen molar-refractivity contribution in [1.29, 1.82) is 5.26 Å². The number of aromatic nitrogens is 1. The lowest BCUT2D eigenvalue weighted by atomic mass is 10.1. The number of nitriles is 1. The fraction of sp³-hybridized carbons (Fsp3) is 0.591. The summed E-state index contributed by atoms with van der Waals surface area (Å²) in [5.74, 6) is -0.734. The highest BCUT2D eigenvalue weighted by molar-refractivity contribution is 5.99. The van der Waals surface area contributed by atoms with Gasteiger partial charge >= 0.3 is 5.97 Å². The molecule has 0 saturated heterocycles. The second-order valence-corrected chi connectivity index (χ2v) is 7.70. The summed E-state index contributed by atoms with van der Waals surface area (Å²) in [6, 6.07) is 3.81. The van der Waals surface area contributed by atoms with E-state index in [1.165, 1.54) is 6.08 Å². The van der Waals surface area contributed by atoms with Crippen LogP contribution in [0.5, 0.6) is 0 Å². The Labute approximate surface area is 173 Å². The molecule has 0 atom stereocenters. The van der Waals surface area contributed by atoms with Gasteiger partial charge in [0.05, 0.1) is 6.10 Å². The molecule has 0 aromatic carbocycles. The van der Waals surface area contributed by atoms with E-state index >= 15 is 0 Å². The quantitative estimate of drug-likeness (QED) is 0.265. The lowest BCUT2D eigenvalue weighted by molar-refractivity contribution is -0.144. The number of hydrogen-bond donors (Lipinski definition) is 1. The third kappa shape index (κ3) is 8.53. The van der Waals surface area contributed by atoms with Crippen LogP contribution in [-0.2, 0) is 25.6 Å². The van der Waals surface area contributed by atoms with Crippen molar-refractivity contribution in [2.75, 3.05) is 19.8 Å². The molecule has 0 aliphatic carbocycles. The summed E-state index contributed by atoms with van der Waals surface area (Å²) in [5.41, 5.74) is 2.71. The van der Waals surface area contributed by atoms with Gasteiger partial charge in [-0.2, -0.15) is 5.26 Å². The van der Waals surface area contributed by atoms with Crippen molar-refractivity contribution in [2.45, 2.75) is 60.6 Å². The van der Waals surface area contributed by atoms with Crippen LogP contribution in [0.25, 0.3) is 6.08 Å². The molecule has 1 heterocycles. The number of nitrogens with one attached hydrogen (secondary N) is 1. The molecule has 1 amide bonds. The van der Waals surface area contributed by atoms with E-state index in [4.69, 9.17) is 9.47 Å². The Bertz CT molecular complexity index is 770. The molecule has 1 N–H and O–H groups in total. The average molecular weight is 404 g/mol. The van der Waals surface area contributed by atoms with Crippen LogP contribution in [0.3, 0.4) is 0 Å². The minimum atomic E-state index is -0.806. The van der Waals surface area contributed by atoms with E-state index in [0.717, 1.165) is 23.5 Å². The SMILES string of the molecule is Cc1cc(/C=C(\C#N)C(=O)OCC(=O)NCCCOC(C)C)c(C)n1CC(C)C. The van der Waals surface area contributed by atoms with Crippen molar-refractivity contribution in [3.63, 3.8) is 0 Å². The van der Waals surface area contributed by atoms with E-state index in [2.05, 4.69) is 23.7 Å². The zero-order valence-corrected chi connectivity index (χ0v) is 18.4. The molecule has 7 heteroatoms. The molecule has 0 bridgehead atoms. The average Bonchev–Trinajstić information content (AvgIpc) is 2.90. The first kappa shape index (κ1) is 24.4. The lowest BCUT2D eigenvalue weighted by Gasteiger charge is -2.12. The number of amides is 1. The van der Waals surface area contributed by atoms with Gasteiger partial charge in [-0.05, 0) is 57.7 Å². The van der Waals surface area contributed by atoms with Gasteiger partial charge in [-0.3, -0.25) is 4.79 Å². The van der Waals surface area contributed by atoms with Crippen molar-refractivity contribution in [1.82, 2.24) is 9.88 Å². The Morgan fingerprint density at radius 2 is 1.97 bits per heavy atom. The third-order valence-corrected chi connectivity index (χ3v) is 4.23. The van der Waals surface area contributed by atoms with Crippen LogP contribution in [0.1, 0.15) is 51.1 Å². The second-order valence-electron chi connectivity index (χ2n) is 7.70. The van der Waals surface area contributed by atoms with E-state index in [0.29, 0.717) is 25.5 Å². The van der Waals surface area contributed by atoms with Crippen molar-refractivity contribution in [3.05, 3.63) is 28.6 Å². The first-order valence-corrected chi connectivity index (χ1v) is 9.99. The summed E-state index contributed by atoms with van der Waals surface area (Å²) in [6.45, 7) is 13.5. The van der Waals surface area contributed by atoms with E-state index < -0.39 is 18.5 Å². The summed E-state index contributed by atoms with van der Waals surface area (Å²) in [4.78, 5) is 24.0. The maximum absolute atomic E-state index is 12.2. The fourth-order valence-corrected chi connectivity index (χ4v) is 2.79. The summed E-state index contributed by atoms with van der Waals surface area (Å²) < 4.78 is 12.5. The minimum absolute atomic E-state index is 0.132. The van der Waals surface area contributed by atoms with Crippen LogP contribution < -0.4 is 5.32 Å². The van der Waals surface area contributed by atoms with Gasteiger partial charge in [0.1, 0.15) is 11.6 Å². The number of hydrogen-bond acceptors (Lipinski definition) is 5. The van der Waals surface area contributed by atoms with Gasteiger partial charge in [-0.15, -0.1) is 0 Å². The predicted molar refractivity (Wildman–Crippen MR) is 112 cm³/mol. The van der Waals surface area contributed by atoms with Crippen LogP contribution in [0, 0.1) is 31.1 Å². The van der Waals surface area contributed by atoms with Gasteiger partial charge in [-0.1, -0.05) is 13.8 Å². The van der Waals surface area contributed by atoms with Crippen molar-refractivity contribution in [3.8, 4) is 6.07 Å². The normalized spacial score (nSPS) is 11.6. The first-order valence-electron chi connectivity index (χ1n) is 9.99. The van der Waals surface area contributed by atoms with Crippen molar-refractivity contribution in [2.24, 2.45) is 5.92 Å². The molecule has 1 rings (SSSR count). The maximum atomic E-state index is 12.2. The summed E-state index contributed by atoms with van der Waals surface area (Å²) in [7, 11) is 0.